The summed E-state index contributed by atoms with van der Waals surface area (Å²) in [5, 5.41) is 3.10. The van der Waals surface area contributed by atoms with Crippen LogP contribution in [0.4, 0.5) is 4.39 Å². The first kappa shape index (κ1) is 23.4. The molecule has 29 heavy (non-hydrogen) atoms. The Bertz CT molecular complexity index is 840. The molecular weight excluding hydrogens is 459 g/mol. The number of amides is 2. The maximum absolute atomic E-state index is 14.2. The van der Waals surface area contributed by atoms with E-state index in [2.05, 4.69) is 21.2 Å². The quantitative estimate of drug-likeness (QED) is 0.567. The second kappa shape index (κ2) is 10.7. The van der Waals surface area contributed by atoms with Gasteiger partial charge in [-0.1, -0.05) is 52.7 Å². The molecule has 0 unspecified atom stereocenters. The van der Waals surface area contributed by atoms with E-state index < -0.39 is 11.9 Å². The van der Waals surface area contributed by atoms with Crippen LogP contribution in [0, 0.1) is 5.82 Å². The van der Waals surface area contributed by atoms with Crippen LogP contribution in [-0.4, -0.2) is 28.8 Å². The molecule has 156 valence electrons. The van der Waals surface area contributed by atoms with Crippen molar-refractivity contribution in [2.24, 2.45) is 0 Å². The van der Waals surface area contributed by atoms with Crippen LogP contribution >= 0.6 is 27.5 Å². The summed E-state index contributed by atoms with van der Waals surface area (Å²) < 4.78 is 15.1. The summed E-state index contributed by atoms with van der Waals surface area (Å²) >= 11 is 9.48. The van der Waals surface area contributed by atoms with Gasteiger partial charge in [-0.15, -0.1) is 0 Å². The minimum absolute atomic E-state index is 0.00408. The van der Waals surface area contributed by atoms with Gasteiger partial charge in [0.15, 0.2) is 0 Å². The smallest absolute Gasteiger partial charge is 0.242 e. The SMILES string of the molecule is CC[C@H](C)NC(=O)[C@H](C)N(Cc1ccc(Br)cc1)C(=O)Cc1c(F)cccc1Cl. The van der Waals surface area contributed by atoms with Crippen molar-refractivity contribution in [1.29, 1.82) is 0 Å². The zero-order chi connectivity index (χ0) is 21.6. The molecule has 0 saturated carbocycles. The average Bonchev–Trinajstić information content (AvgIpc) is 2.69. The number of nitrogens with zero attached hydrogens (tertiary/aromatic N) is 1. The van der Waals surface area contributed by atoms with Crippen LogP contribution in [0.1, 0.15) is 38.3 Å². The van der Waals surface area contributed by atoms with Crippen molar-refractivity contribution in [3.8, 4) is 0 Å². The number of hydrogen-bond acceptors (Lipinski definition) is 2. The zero-order valence-corrected chi connectivity index (χ0v) is 19.1. The summed E-state index contributed by atoms with van der Waals surface area (Å²) in [5.74, 6) is -1.15. The van der Waals surface area contributed by atoms with E-state index in [4.69, 9.17) is 11.6 Å². The van der Waals surface area contributed by atoms with E-state index in [0.29, 0.717) is 0 Å². The lowest BCUT2D eigenvalue weighted by atomic mass is 10.1. The minimum atomic E-state index is -0.717. The molecule has 0 aliphatic rings. The molecule has 4 nitrogen and oxygen atoms in total. The van der Waals surface area contributed by atoms with Crippen molar-refractivity contribution in [1.82, 2.24) is 10.2 Å². The molecule has 7 heteroatoms. The molecule has 0 heterocycles. The summed E-state index contributed by atoms with van der Waals surface area (Å²) in [6.07, 6.45) is 0.562. The summed E-state index contributed by atoms with van der Waals surface area (Å²) in [6.45, 7) is 5.79. The molecule has 2 atom stereocenters. The number of rotatable bonds is 8. The van der Waals surface area contributed by atoms with Gasteiger partial charge in [-0.3, -0.25) is 9.59 Å². The van der Waals surface area contributed by atoms with Gasteiger partial charge in [-0.2, -0.15) is 0 Å². The molecule has 1 N–H and O–H groups in total. The Morgan fingerprint density at radius 3 is 2.41 bits per heavy atom. The van der Waals surface area contributed by atoms with E-state index in [1.165, 1.54) is 17.0 Å². The van der Waals surface area contributed by atoms with E-state index in [1.54, 1.807) is 13.0 Å². The minimum Gasteiger partial charge on any atom is -0.352 e. The predicted octanol–water partition coefficient (Wildman–Crippen LogP) is 5.12. The standard InChI is InChI=1S/C22H25BrClFN2O2/c1-4-14(2)26-22(29)15(3)27(13-16-8-10-17(23)11-9-16)21(28)12-18-19(24)6-5-7-20(18)25/h5-11,14-15H,4,12-13H2,1-3H3,(H,26,29)/t14-,15-/m0/s1. The van der Waals surface area contributed by atoms with Crippen molar-refractivity contribution >= 4 is 39.3 Å². The molecule has 0 fully saturated rings. The van der Waals surface area contributed by atoms with Crippen molar-refractivity contribution in [2.75, 3.05) is 0 Å². The Balaban J connectivity index is 2.28. The predicted molar refractivity (Wildman–Crippen MR) is 117 cm³/mol. The highest BCUT2D eigenvalue weighted by Gasteiger charge is 2.28. The van der Waals surface area contributed by atoms with Gasteiger partial charge in [-0.05, 0) is 50.1 Å². The normalized spacial score (nSPS) is 12.9. The molecule has 2 amide bonds. The van der Waals surface area contributed by atoms with Crippen LogP contribution in [0.15, 0.2) is 46.9 Å². The molecule has 2 aromatic rings. The molecule has 2 aromatic carbocycles. The number of carbonyl (C=O) groups is 2. The number of nitrogens with one attached hydrogen (secondary N) is 1. The summed E-state index contributed by atoms with van der Waals surface area (Å²) in [7, 11) is 0. The van der Waals surface area contributed by atoms with Crippen LogP contribution in [0.25, 0.3) is 0 Å². The third-order valence-corrected chi connectivity index (χ3v) is 5.71. The maximum Gasteiger partial charge on any atom is 0.242 e. The zero-order valence-electron chi connectivity index (χ0n) is 16.7. The Kier molecular flexibility index (Phi) is 8.65. The van der Waals surface area contributed by atoms with Gasteiger partial charge in [0.25, 0.3) is 0 Å². The second-order valence-electron chi connectivity index (χ2n) is 7.02. The molecule has 0 radical (unpaired) electrons. The fourth-order valence-corrected chi connectivity index (χ4v) is 3.28. The van der Waals surface area contributed by atoms with Crippen molar-refractivity contribution < 1.29 is 14.0 Å². The number of hydrogen-bond donors (Lipinski definition) is 1. The first-order valence-corrected chi connectivity index (χ1v) is 10.7. The largest absolute Gasteiger partial charge is 0.352 e. The van der Waals surface area contributed by atoms with E-state index in [-0.39, 0.29) is 41.4 Å². The molecule has 2 rings (SSSR count). The highest BCUT2D eigenvalue weighted by Crippen LogP contribution is 2.22. The highest BCUT2D eigenvalue weighted by atomic mass is 79.9. The third-order valence-electron chi connectivity index (χ3n) is 4.82. The molecule has 0 aromatic heterocycles. The van der Waals surface area contributed by atoms with Crippen LogP contribution in [-0.2, 0) is 22.6 Å². The summed E-state index contributed by atoms with van der Waals surface area (Å²) in [6, 6.07) is 11.1. The second-order valence-corrected chi connectivity index (χ2v) is 8.34. The van der Waals surface area contributed by atoms with Gasteiger partial charge < -0.3 is 10.2 Å². The van der Waals surface area contributed by atoms with Crippen LogP contribution in [0.3, 0.4) is 0 Å². The lowest BCUT2D eigenvalue weighted by Crippen LogP contribution is -2.50. The van der Waals surface area contributed by atoms with Gasteiger partial charge >= 0.3 is 0 Å². The molecular formula is C22H25BrClFN2O2. The monoisotopic (exact) mass is 482 g/mol. The maximum atomic E-state index is 14.2. The molecule has 0 bridgehead atoms. The lowest BCUT2D eigenvalue weighted by molar-refractivity contribution is -0.140. The number of halogens is 3. The molecule has 0 aliphatic carbocycles. The van der Waals surface area contributed by atoms with E-state index in [0.717, 1.165) is 16.5 Å². The third kappa shape index (κ3) is 6.54. The average molecular weight is 484 g/mol. The number of carbonyl (C=O) groups excluding carboxylic acids is 2. The fraction of sp³-hybridized carbons (Fsp3) is 0.364. The van der Waals surface area contributed by atoms with Crippen molar-refractivity contribution in [2.45, 2.75) is 52.2 Å². The van der Waals surface area contributed by atoms with Gasteiger partial charge in [0, 0.05) is 27.6 Å². The van der Waals surface area contributed by atoms with Crippen molar-refractivity contribution in [3.05, 3.63) is 68.9 Å². The molecule has 0 spiro atoms. The van der Waals surface area contributed by atoms with E-state index in [9.17, 15) is 14.0 Å². The van der Waals surface area contributed by atoms with Crippen LogP contribution < -0.4 is 5.32 Å². The first-order valence-electron chi connectivity index (χ1n) is 9.50. The van der Waals surface area contributed by atoms with Crippen molar-refractivity contribution in [3.63, 3.8) is 0 Å². The molecule has 0 saturated heterocycles. The van der Waals surface area contributed by atoms with Gasteiger partial charge in [0.2, 0.25) is 11.8 Å². The first-order chi connectivity index (χ1) is 13.7. The Morgan fingerprint density at radius 1 is 1.17 bits per heavy atom. The summed E-state index contributed by atoms with van der Waals surface area (Å²) in [4.78, 5) is 27.2. The van der Waals surface area contributed by atoms with Crippen LogP contribution in [0.5, 0.6) is 0 Å². The van der Waals surface area contributed by atoms with Crippen LogP contribution in [0.2, 0.25) is 5.02 Å². The van der Waals surface area contributed by atoms with Gasteiger partial charge in [-0.25, -0.2) is 4.39 Å². The lowest BCUT2D eigenvalue weighted by Gasteiger charge is -2.30. The highest BCUT2D eigenvalue weighted by molar-refractivity contribution is 9.10. The van der Waals surface area contributed by atoms with Gasteiger partial charge in [0.1, 0.15) is 11.9 Å². The Morgan fingerprint density at radius 2 is 1.83 bits per heavy atom. The fourth-order valence-electron chi connectivity index (χ4n) is 2.79. The van der Waals surface area contributed by atoms with E-state index in [1.807, 2.05) is 38.1 Å². The summed E-state index contributed by atoms with van der Waals surface area (Å²) in [5.41, 5.74) is 0.999. The Labute approximate surface area is 184 Å². The Hall–Kier alpha value is -1.92. The number of benzene rings is 2. The topological polar surface area (TPSA) is 49.4 Å². The van der Waals surface area contributed by atoms with E-state index >= 15 is 0 Å². The molecule has 0 aliphatic heterocycles. The van der Waals surface area contributed by atoms with Gasteiger partial charge in [0.05, 0.1) is 6.42 Å².